The average molecular weight is 465 g/mol. The molecule has 4 aliphatic rings. The molecule has 0 aliphatic heterocycles. The van der Waals surface area contributed by atoms with Gasteiger partial charge in [0.2, 0.25) is 0 Å². The summed E-state index contributed by atoms with van der Waals surface area (Å²) in [6, 6.07) is 6.53. The molecular formula is C29H36O5. The lowest BCUT2D eigenvalue weighted by Crippen LogP contribution is -2.55. The van der Waals surface area contributed by atoms with Gasteiger partial charge in [0.15, 0.2) is 5.60 Å². The average Bonchev–Trinajstić information content (AvgIpc) is 3.39. The third-order valence-corrected chi connectivity index (χ3v) is 9.29. The van der Waals surface area contributed by atoms with Gasteiger partial charge in [-0.15, -0.1) is 6.42 Å². The van der Waals surface area contributed by atoms with Gasteiger partial charge in [0.25, 0.3) is 0 Å². The lowest BCUT2D eigenvalue weighted by molar-refractivity contribution is -0.170. The van der Waals surface area contributed by atoms with Gasteiger partial charge in [-0.05, 0) is 86.5 Å². The van der Waals surface area contributed by atoms with Gasteiger partial charge in [0.05, 0.1) is 6.10 Å². The van der Waals surface area contributed by atoms with Crippen LogP contribution in [0.15, 0.2) is 18.2 Å². The van der Waals surface area contributed by atoms with Crippen molar-refractivity contribution < 1.29 is 23.8 Å². The van der Waals surface area contributed by atoms with Crippen molar-refractivity contribution in [3.05, 3.63) is 29.3 Å². The van der Waals surface area contributed by atoms with Crippen LogP contribution in [0.3, 0.4) is 0 Å². The van der Waals surface area contributed by atoms with Crippen molar-refractivity contribution in [1.82, 2.24) is 0 Å². The summed E-state index contributed by atoms with van der Waals surface area (Å²) in [6.45, 7) is 5.11. The number of carbonyl (C=O) groups excluding carboxylic acids is 2. The van der Waals surface area contributed by atoms with E-state index in [1.54, 1.807) is 0 Å². The molecule has 5 rings (SSSR count). The molecule has 0 N–H and O–H groups in total. The standard InChI is InChI=1S/C29H36O5/c1-5-29(34-19(3)31)15-13-25-27-24(12-14-28(25,29)4)23-11-10-22(33-21-8-6-7-9-21)16-20(23)17-26(27)32-18(2)30/h1,10-11,16,21,24-27H,6-9,12-15,17H2,2-4H3/t24-,25+,26+,27-,28+,29+/m1/s1. The predicted molar refractivity (Wildman–Crippen MR) is 128 cm³/mol. The van der Waals surface area contributed by atoms with Crippen molar-refractivity contribution in [3.8, 4) is 18.1 Å². The summed E-state index contributed by atoms with van der Waals surface area (Å²) in [7, 11) is 0. The molecule has 182 valence electrons. The SMILES string of the molecule is C#C[C@]1(OC(C)=O)CC[C@H]2[C@@H]3[C@@H](OC(C)=O)Cc4cc(OC5CCCC5)ccc4[C@H]3CC[C@@]21C. The number of terminal acetylenes is 1. The molecular weight excluding hydrogens is 428 g/mol. The van der Waals surface area contributed by atoms with Crippen LogP contribution in [0.5, 0.6) is 5.75 Å². The van der Waals surface area contributed by atoms with Crippen molar-refractivity contribution in [2.24, 2.45) is 17.3 Å². The van der Waals surface area contributed by atoms with E-state index in [-0.39, 0.29) is 41.2 Å². The van der Waals surface area contributed by atoms with Crippen molar-refractivity contribution >= 4 is 11.9 Å². The lowest BCUT2D eigenvalue weighted by atomic mass is 9.52. The fourth-order valence-corrected chi connectivity index (χ4v) is 7.83. The van der Waals surface area contributed by atoms with E-state index in [4.69, 9.17) is 20.6 Å². The first-order chi connectivity index (χ1) is 16.3. The molecule has 1 aromatic rings. The molecule has 4 aliphatic carbocycles. The summed E-state index contributed by atoms with van der Waals surface area (Å²) in [4.78, 5) is 24.1. The number of rotatable bonds is 4. The summed E-state index contributed by atoms with van der Waals surface area (Å²) in [5.74, 6) is 3.90. The van der Waals surface area contributed by atoms with Gasteiger partial charge in [0, 0.05) is 31.6 Å². The zero-order chi connectivity index (χ0) is 24.1. The highest BCUT2D eigenvalue weighted by atomic mass is 16.6. The molecule has 0 radical (unpaired) electrons. The number of esters is 2. The second-order valence-electron chi connectivity index (χ2n) is 11.1. The first-order valence-electron chi connectivity index (χ1n) is 12.9. The molecule has 0 spiro atoms. The van der Waals surface area contributed by atoms with Gasteiger partial charge < -0.3 is 14.2 Å². The molecule has 0 saturated heterocycles. The summed E-state index contributed by atoms with van der Waals surface area (Å²) in [5.41, 5.74) is 1.34. The van der Waals surface area contributed by atoms with Crippen LogP contribution in [0, 0.1) is 29.6 Å². The Hall–Kier alpha value is -2.48. The largest absolute Gasteiger partial charge is 0.490 e. The highest BCUT2D eigenvalue weighted by Gasteiger charge is 2.65. The summed E-state index contributed by atoms with van der Waals surface area (Å²) >= 11 is 0. The topological polar surface area (TPSA) is 61.8 Å². The molecule has 3 saturated carbocycles. The Bertz CT molecular complexity index is 1020. The van der Waals surface area contributed by atoms with E-state index in [2.05, 4.69) is 31.0 Å². The normalized spacial score (nSPS) is 36.5. The predicted octanol–water partition coefficient (Wildman–Crippen LogP) is 5.34. The van der Waals surface area contributed by atoms with Crippen LogP contribution >= 0.6 is 0 Å². The molecule has 0 aromatic heterocycles. The summed E-state index contributed by atoms with van der Waals surface area (Å²) in [6.07, 6.45) is 14.8. The van der Waals surface area contributed by atoms with Gasteiger partial charge in [-0.2, -0.15) is 0 Å². The first-order valence-corrected chi connectivity index (χ1v) is 12.9. The maximum Gasteiger partial charge on any atom is 0.304 e. The molecule has 0 amide bonds. The number of ether oxygens (including phenoxy) is 3. The Morgan fingerprint density at radius 2 is 1.82 bits per heavy atom. The van der Waals surface area contributed by atoms with Gasteiger partial charge in [0.1, 0.15) is 11.9 Å². The molecule has 34 heavy (non-hydrogen) atoms. The van der Waals surface area contributed by atoms with Gasteiger partial charge >= 0.3 is 11.9 Å². The van der Waals surface area contributed by atoms with E-state index < -0.39 is 5.60 Å². The quantitative estimate of drug-likeness (QED) is 0.445. The minimum Gasteiger partial charge on any atom is -0.490 e. The number of hydrogen-bond acceptors (Lipinski definition) is 5. The highest BCUT2D eigenvalue weighted by Crippen LogP contribution is 2.65. The third-order valence-electron chi connectivity index (χ3n) is 9.29. The monoisotopic (exact) mass is 464 g/mol. The molecule has 6 atom stereocenters. The van der Waals surface area contributed by atoms with Crippen LogP contribution < -0.4 is 4.74 Å². The highest BCUT2D eigenvalue weighted by molar-refractivity contribution is 5.67. The molecule has 0 heterocycles. The Balaban J connectivity index is 1.49. The van der Waals surface area contributed by atoms with E-state index in [9.17, 15) is 9.59 Å². The van der Waals surface area contributed by atoms with E-state index >= 15 is 0 Å². The van der Waals surface area contributed by atoms with E-state index in [0.29, 0.717) is 18.9 Å². The Labute approximate surface area is 202 Å². The smallest absolute Gasteiger partial charge is 0.304 e. The maximum atomic E-state index is 12.1. The van der Waals surface area contributed by atoms with Crippen molar-refractivity contribution in [3.63, 3.8) is 0 Å². The van der Waals surface area contributed by atoms with E-state index in [1.807, 2.05) is 0 Å². The van der Waals surface area contributed by atoms with Crippen LogP contribution in [0.25, 0.3) is 0 Å². The molecule has 0 bridgehead atoms. The number of hydrogen-bond donors (Lipinski definition) is 0. The number of carbonyl (C=O) groups is 2. The maximum absolute atomic E-state index is 12.1. The summed E-state index contributed by atoms with van der Waals surface area (Å²) in [5, 5.41) is 0. The minimum absolute atomic E-state index is 0.155. The van der Waals surface area contributed by atoms with E-state index in [0.717, 1.165) is 37.9 Å². The Morgan fingerprint density at radius 1 is 1.06 bits per heavy atom. The fourth-order valence-electron chi connectivity index (χ4n) is 7.83. The fraction of sp³-hybridized carbons (Fsp3) is 0.655. The molecule has 5 heteroatoms. The molecule has 5 nitrogen and oxygen atoms in total. The van der Waals surface area contributed by atoms with Gasteiger partial charge in [-0.3, -0.25) is 9.59 Å². The van der Waals surface area contributed by atoms with Crippen molar-refractivity contribution in [2.45, 2.75) is 102 Å². The number of benzene rings is 1. The van der Waals surface area contributed by atoms with Crippen LogP contribution in [0.2, 0.25) is 0 Å². The van der Waals surface area contributed by atoms with Crippen LogP contribution in [0.1, 0.15) is 89.2 Å². The minimum atomic E-state index is -0.894. The third kappa shape index (κ3) is 3.70. The molecule has 1 aromatic carbocycles. The molecule has 0 unspecified atom stereocenters. The van der Waals surface area contributed by atoms with Gasteiger partial charge in [-0.1, -0.05) is 18.9 Å². The number of fused-ring (bicyclic) bond motifs is 5. The van der Waals surface area contributed by atoms with Crippen molar-refractivity contribution in [2.75, 3.05) is 0 Å². The van der Waals surface area contributed by atoms with Crippen molar-refractivity contribution in [1.29, 1.82) is 0 Å². The Morgan fingerprint density at radius 3 is 2.50 bits per heavy atom. The second-order valence-corrected chi connectivity index (χ2v) is 11.1. The van der Waals surface area contributed by atoms with Gasteiger partial charge in [-0.25, -0.2) is 0 Å². The summed E-state index contributed by atoms with van der Waals surface area (Å²) < 4.78 is 18.1. The van der Waals surface area contributed by atoms with Crippen LogP contribution in [-0.2, 0) is 25.5 Å². The first kappa shape index (κ1) is 23.3. The second kappa shape index (κ2) is 8.63. The molecule has 3 fully saturated rings. The zero-order valence-corrected chi connectivity index (χ0v) is 20.6. The zero-order valence-electron chi connectivity index (χ0n) is 20.6. The lowest BCUT2D eigenvalue weighted by Gasteiger charge is -2.54. The van der Waals surface area contributed by atoms with Crippen LogP contribution in [-0.4, -0.2) is 29.7 Å². The Kier molecular flexibility index (Phi) is 5.91. The van der Waals surface area contributed by atoms with Crippen LogP contribution in [0.4, 0.5) is 0 Å². The van der Waals surface area contributed by atoms with E-state index in [1.165, 1.54) is 37.8 Å².